The number of anilines is 2. The molecule has 158 valence electrons. The van der Waals surface area contributed by atoms with E-state index in [1.807, 2.05) is 25.1 Å². The van der Waals surface area contributed by atoms with E-state index in [4.69, 9.17) is 9.72 Å². The summed E-state index contributed by atoms with van der Waals surface area (Å²) in [6.45, 7) is 8.26. The van der Waals surface area contributed by atoms with Crippen LogP contribution in [0.5, 0.6) is 11.6 Å². The number of hydrogen-bond acceptors (Lipinski definition) is 5. The molecule has 1 heterocycles. The van der Waals surface area contributed by atoms with E-state index in [0.29, 0.717) is 17.3 Å². The van der Waals surface area contributed by atoms with Gasteiger partial charge in [-0.3, -0.25) is 0 Å². The van der Waals surface area contributed by atoms with Crippen LogP contribution in [0.3, 0.4) is 0 Å². The second kappa shape index (κ2) is 11.2. The van der Waals surface area contributed by atoms with Crippen LogP contribution in [0.15, 0.2) is 30.5 Å². The van der Waals surface area contributed by atoms with Crippen LogP contribution >= 0.6 is 0 Å². The zero-order chi connectivity index (χ0) is 21.2. The summed E-state index contributed by atoms with van der Waals surface area (Å²) in [7, 11) is 3.39. The van der Waals surface area contributed by atoms with Gasteiger partial charge in [-0.25, -0.2) is 14.8 Å². The van der Waals surface area contributed by atoms with Crippen molar-refractivity contribution < 1.29 is 9.53 Å². The molecule has 0 aliphatic rings. The summed E-state index contributed by atoms with van der Waals surface area (Å²) in [6.07, 6.45) is 6.35. The molecule has 0 radical (unpaired) electrons. The highest BCUT2D eigenvalue weighted by Gasteiger charge is 2.12. The number of benzene rings is 1. The predicted octanol–water partition coefficient (Wildman–Crippen LogP) is 5.08. The van der Waals surface area contributed by atoms with Gasteiger partial charge in [0.1, 0.15) is 17.3 Å². The van der Waals surface area contributed by atoms with Crippen molar-refractivity contribution in [2.75, 3.05) is 37.4 Å². The van der Waals surface area contributed by atoms with Crippen LogP contribution in [0.2, 0.25) is 0 Å². The molecule has 2 aromatic rings. The Balaban J connectivity index is 2.13. The van der Waals surface area contributed by atoms with E-state index in [0.717, 1.165) is 50.3 Å². The SMILES string of the molecule is CCCCN(CCCC)c1cnc(Oc2cccc(NC(=O)N(C)C)c2)c(C)n1. The van der Waals surface area contributed by atoms with Gasteiger partial charge >= 0.3 is 6.03 Å². The van der Waals surface area contributed by atoms with Gasteiger partial charge in [0.05, 0.1) is 6.20 Å². The first-order valence-electron chi connectivity index (χ1n) is 10.3. The molecule has 7 nitrogen and oxygen atoms in total. The summed E-state index contributed by atoms with van der Waals surface area (Å²) in [5.41, 5.74) is 1.40. The molecular weight excluding hydrogens is 366 g/mol. The Labute approximate surface area is 174 Å². The van der Waals surface area contributed by atoms with E-state index in [1.165, 1.54) is 4.90 Å². The first-order valence-corrected chi connectivity index (χ1v) is 10.3. The molecule has 1 N–H and O–H groups in total. The Morgan fingerprint density at radius 1 is 1.14 bits per heavy atom. The Morgan fingerprint density at radius 3 is 2.41 bits per heavy atom. The zero-order valence-electron chi connectivity index (χ0n) is 18.2. The monoisotopic (exact) mass is 399 g/mol. The number of amides is 2. The fraction of sp³-hybridized carbons (Fsp3) is 0.500. The highest BCUT2D eigenvalue weighted by Crippen LogP contribution is 2.26. The van der Waals surface area contributed by atoms with Gasteiger partial charge in [-0.2, -0.15) is 0 Å². The third kappa shape index (κ3) is 6.93. The molecule has 0 atom stereocenters. The molecular formula is C22H33N5O2. The molecule has 29 heavy (non-hydrogen) atoms. The van der Waals surface area contributed by atoms with Crippen LogP contribution in [-0.2, 0) is 0 Å². The Hall–Kier alpha value is -2.83. The summed E-state index contributed by atoms with van der Waals surface area (Å²) in [6, 6.07) is 7.05. The van der Waals surface area contributed by atoms with E-state index in [9.17, 15) is 4.79 Å². The molecule has 0 fully saturated rings. The van der Waals surface area contributed by atoms with Crippen LogP contribution in [-0.4, -0.2) is 48.1 Å². The average Bonchev–Trinajstić information content (AvgIpc) is 2.70. The summed E-state index contributed by atoms with van der Waals surface area (Å²) in [5.74, 6) is 1.96. The predicted molar refractivity (Wildman–Crippen MR) is 118 cm³/mol. The zero-order valence-corrected chi connectivity index (χ0v) is 18.2. The second-order valence-corrected chi connectivity index (χ2v) is 7.27. The van der Waals surface area contributed by atoms with Gasteiger partial charge in [0, 0.05) is 38.9 Å². The number of aryl methyl sites for hydroxylation is 1. The Morgan fingerprint density at radius 2 is 1.83 bits per heavy atom. The van der Waals surface area contributed by atoms with Crippen LogP contribution in [0.4, 0.5) is 16.3 Å². The number of unbranched alkanes of at least 4 members (excludes halogenated alkanes) is 2. The number of rotatable bonds is 10. The minimum atomic E-state index is -0.193. The first kappa shape index (κ1) is 22.5. The topological polar surface area (TPSA) is 70.6 Å². The molecule has 0 saturated carbocycles. The summed E-state index contributed by atoms with van der Waals surface area (Å²) >= 11 is 0. The van der Waals surface area contributed by atoms with Gasteiger partial charge in [0.25, 0.3) is 0 Å². The van der Waals surface area contributed by atoms with Crippen LogP contribution < -0.4 is 15.0 Å². The van der Waals surface area contributed by atoms with Crippen LogP contribution in [0.1, 0.15) is 45.2 Å². The van der Waals surface area contributed by atoms with Crippen molar-refractivity contribution >= 4 is 17.5 Å². The largest absolute Gasteiger partial charge is 0.437 e. The molecule has 0 aliphatic heterocycles. The maximum absolute atomic E-state index is 11.8. The Kier molecular flexibility index (Phi) is 8.70. The number of carbonyl (C=O) groups is 1. The number of aromatic nitrogens is 2. The normalized spacial score (nSPS) is 10.5. The van der Waals surface area contributed by atoms with E-state index in [-0.39, 0.29) is 6.03 Å². The van der Waals surface area contributed by atoms with Crippen molar-refractivity contribution in [1.29, 1.82) is 0 Å². The molecule has 0 aliphatic carbocycles. The second-order valence-electron chi connectivity index (χ2n) is 7.27. The quantitative estimate of drug-likeness (QED) is 0.603. The van der Waals surface area contributed by atoms with Crippen molar-refractivity contribution in [3.8, 4) is 11.6 Å². The highest BCUT2D eigenvalue weighted by molar-refractivity contribution is 5.89. The van der Waals surface area contributed by atoms with E-state index < -0.39 is 0 Å². The number of ether oxygens (including phenoxy) is 1. The molecule has 1 aromatic carbocycles. The van der Waals surface area contributed by atoms with Crippen molar-refractivity contribution in [1.82, 2.24) is 14.9 Å². The maximum atomic E-state index is 11.8. The van der Waals surface area contributed by atoms with Crippen LogP contribution in [0, 0.1) is 6.92 Å². The lowest BCUT2D eigenvalue weighted by atomic mass is 10.2. The molecule has 0 unspecified atom stereocenters. The van der Waals surface area contributed by atoms with E-state index in [2.05, 4.69) is 29.0 Å². The lowest BCUT2D eigenvalue weighted by Crippen LogP contribution is -2.27. The molecule has 2 amide bonds. The average molecular weight is 400 g/mol. The fourth-order valence-electron chi connectivity index (χ4n) is 2.73. The molecule has 7 heteroatoms. The first-order chi connectivity index (χ1) is 13.9. The molecule has 2 rings (SSSR count). The third-order valence-electron chi connectivity index (χ3n) is 4.48. The standard InChI is InChI=1S/C22H33N5O2/c1-6-8-13-27(14-9-7-2)20-16-23-21(17(3)24-20)29-19-12-10-11-18(15-19)25-22(28)26(4)5/h10-12,15-16H,6-9,13-14H2,1-5H3,(H,25,28). The van der Waals surface area contributed by atoms with E-state index >= 15 is 0 Å². The van der Waals surface area contributed by atoms with Crippen LogP contribution in [0.25, 0.3) is 0 Å². The number of carbonyl (C=O) groups excluding carboxylic acids is 1. The number of hydrogen-bond donors (Lipinski definition) is 1. The van der Waals surface area contributed by atoms with Gasteiger partial charge < -0.3 is 19.9 Å². The fourth-order valence-corrected chi connectivity index (χ4v) is 2.73. The summed E-state index contributed by atoms with van der Waals surface area (Å²) < 4.78 is 5.93. The lowest BCUT2D eigenvalue weighted by Gasteiger charge is -2.23. The summed E-state index contributed by atoms with van der Waals surface area (Å²) in [5, 5.41) is 2.81. The van der Waals surface area contributed by atoms with Crippen molar-refractivity contribution in [3.63, 3.8) is 0 Å². The maximum Gasteiger partial charge on any atom is 0.321 e. The van der Waals surface area contributed by atoms with Gasteiger partial charge in [-0.05, 0) is 31.9 Å². The Bertz CT molecular complexity index is 787. The summed E-state index contributed by atoms with van der Waals surface area (Å²) in [4.78, 5) is 24.8. The van der Waals surface area contributed by atoms with E-state index in [1.54, 1.807) is 26.4 Å². The van der Waals surface area contributed by atoms with Gasteiger partial charge in [-0.1, -0.05) is 32.8 Å². The molecule has 0 bridgehead atoms. The molecule has 1 aromatic heterocycles. The minimum Gasteiger partial charge on any atom is -0.437 e. The van der Waals surface area contributed by atoms with Gasteiger partial charge in [0.2, 0.25) is 5.88 Å². The number of urea groups is 1. The minimum absolute atomic E-state index is 0.193. The van der Waals surface area contributed by atoms with Crippen molar-refractivity contribution in [2.45, 2.75) is 46.5 Å². The smallest absolute Gasteiger partial charge is 0.321 e. The molecule has 0 saturated heterocycles. The van der Waals surface area contributed by atoms with Gasteiger partial charge in [0.15, 0.2) is 0 Å². The highest BCUT2D eigenvalue weighted by atomic mass is 16.5. The third-order valence-corrected chi connectivity index (χ3v) is 4.48. The lowest BCUT2D eigenvalue weighted by molar-refractivity contribution is 0.230. The number of nitrogens with one attached hydrogen (secondary N) is 1. The molecule has 0 spiro atoms. The number of nitrogens with zero attached hydrogens (tertiary/aromatic N) is 4. The van der Waals surface area contributed by atoms with Crippen molar-refractivity contribution in [2.24, 2.45) is 0 Å². The van der Waals surface area contributed by atoms with Crippen molar-refractivity contribution in [3.05, 3.63) is 36.2 Å². The van der Waals surface area contributed by atoms with Gasteiger partial charge in [-0.15, -0.1) is 0 Å².